The molecule has 5 aliphatic rings. The topological polar surface area (TPSA) is 103 Å². The number of methoxy groups -OCH3 is 2. The number of nitrogens with zero attached hydrogens (tertiary/aromatic N) is 1. The molecule has 260 valence electrons. The van der Waals surface area contributed by atoms with E-state index in [4.69, 9.17) is 30.5 Å². The first-order valence-corrected chi connectivity index (χ1v) is 19.3. The van der Waals surface area contributed by atoms with Gasteiger partial charge in [-0.3, -0.25) is 4.79 Å². The molecule has 0 unspecified atom stereocenters. The van der Waals surface area contributed by atoms with Crippen molar-refractivity contribution in [2.24, 2.45) is 11.8 Å². The summed E-state index contributed by atoms with van der Waals surface area (Å²) in [7, 11) is -0.877. The lowest BCUT2D eigenvalue weighted by atomic mass is 9.68. The number of aryl methyl sites for hydroxylation is 1. The van der Waals surface area contributed by atoms with Crippen LogP contribution in [-0.4, -0.2) is 78.4 Å². The van der Waals surface area contributed by atoms with Gasteiger partial charge in [0.2, 0.25) is 10.0 Å². The fourth-order valence-corrected chi connectivity index (χ4v) is 10.6. The third-order valence-corrected chi connectivity index (χ3v) is 13.5. The lowest BCUT2D eigenvalue weighted by molar-refractivity contribution is 0.0128. The summed E-state index contributed by atoms with van der Waals surface area (Å²) in [6.45, 7) is 2.60. The van der Waals surface area contributed by atoms with Crippen molar-refractivity contribution in [3.63, 3.8) is 0 Å². The predicted octanol–water partition coefficient (Wildman–Crippen LogP) is 5.83. The highest BCUT2D eigenvalue weighted by atomic mass is 35.5. The first-order chi connectivity index (χ1) is 23.2. The summed E-state index contributed by atoms with van der Waals surface area (Å²) in [6, 6.07) is 11.5. The van der Waals surface area contributed by atoms with E-state index in [1.165, 1.54) is 18.2 Å². The third kappa shape index (κ3) is 6.63. The average molecular weight is 699 g/mol. The Morgan fingerprint density at radius 1 is 1.08 bits per heavy atom. The first kappa shape index (κ1) is 33.8. The molecule has 3 aliphatic heterocycles. The van der Waals surface area contributed by atoms with Crippen molar-refractivity contribution in [3.05, 3.63) is 70.3 Å². The molecular formula is C37H47ClN2O7S. The van der Waals surface area contributed by atoms with Crippen molar-refractivity contribution in [1.82, 2.24) is 4.72 Å². The molecule has 7 rings (SSSR count). The minimum atomic E-state index is -4.15. The number of sulfonamides is 1. The molecule has 1 spiro atoms. The van der Waals surface area contributed by atoms with E-state index in [0.29, 0.717) is 43.8 Å². The van der Waals surface area contributed by atoms with Crippen molar-refractivity contribution in [2.75, 3.05) is 45.4 Å². The van der Waals surface area contributed by atoms with Crippen LogP contribution in [0.5, 0.6) is 5.75 Å². The number of rotatable bonds is 4. The average Bonchev–Trinajstić information content (AvgIpc) is 3.53. The number of halogens is 1. The predicted molar refractivity (Wildman–Crippen MR) is 186 cm³/mol. The molecule has 7 atom stereocenters. The number of hydrogen-bond donors (Lipinski definition) is 1. The maximum Gasteiger partial charge on any atom is 0.264 e. The van der Waals surface area contributed by atoms with Crippen LogP contribution in [0.1, 0.15) is 72.9 Å². The first-order valence-electron chi connectivity index (χ1n) is 17.4. The van der Waals surface area contributed by atoms with E-state index in [1.807, 2.05) is 18.2 Å². The molecule has 48 heavy (non-hydrogen) atoms. The molecule has 0 aromatic heterocycles. The van der Waals surface area contributed by atoms with Crippen LogP contribution in [-0.2, 0) is 36.1 Å². The summed E-state index contributed by atoms with van der Waals surface area (Å²) in [5.41, 5.74) is 3.37. The number of anilines is 1. The zero-order valence-electron chi connectivity index (χ0n) is 27.9. The molecule has 0 radical (unpaired) electrons. The SMILES string of the molecule is CO[C@H]1/C=C\C[C@H](OC)[C@H](C[C@H]2CCCO2)S(=O)(=O)NC(=O)c2ccc3c(c2)N(C[C@@H]2CC[C@H]21)C[C@@]1(CCCc2cc(Cl)ccc21)CO3. The second kappa shape index (κ2) is 13.9. The van der Waals surface area contributed by atoms with Gasteiger partial charge in [-0.05, 0) is 111 Å². The van der Waals surface area contributed by atoms with Gasteiger partial charge in [0.25, 0.3) is 5.91 Å². The smallest absolute Gasteiger partial charge is 0.264 e. The van der Waals surface area contributed by atoms with Crippen LogP contribution in [0.25, 0.3) is 0 Å². The van der Waals surface area contributed by atoms with E-state index in [9.17, 15) is 13.2 Å². The highest BCUT2D eigenvalue weighted by Gasteiger charge is 2.45. The molecular weight excluding hydrogens is 652 g/mol. The van der Waals surface area contributed by atoms with Crippen LogP contribution in [0.4, 0.5) is 5.69 Å². The van der Waals surface area contributed by atoms with Gasteiger partial charge < -0.3 is 23.8 Å². The van der Waals surface area contributed by atoms with Crippen molar-refractivity contribution in [2.45, 2.75) is 86.8 Å². The third-order valence-electron chi connectivity index (χ3n) is 11.5. The number of hydrogen-bond acceptors (Lipinski definition) is 8. The Bertz CT molecular complexity index is 1640. The Hall–Kier alpha value is -2.63. The molecule has 2 bridgehead atoms. The van der Waals surface area contributed by atoms with Gasteiger partial charge in [-0.1, -0.05) is 29.8 Å². The van der Waals surface area contributed by atoms with Crippen molar-refractivity contribution in [3.8, 4) is 5.75 Å². The van der Waals surface area contributed by atoms with E-state index in [0.717, 1.165) is 62.2 Å². The molecule has 2 fully saturated rings. The summed E-state index contributed by atoms with van der Waals surface area (Å²) in [6.07, 6.45) is 10.5. The van der Waals surface area contributed by atoms with Gasteiger partial charge >= 0.3 is 0 Å². The lowest BCUT2D eigenvalue weighted by Crippen LogP contribution is -2.49. The summed E-state index contributed by atoms with van der Waals surface area (Å²) < 4.78 is 54.8. The van der Waals surface area contributed by atoms with Crippen LogP contribution in [0, 0.1) is 11.8 Å². The molecule has 2 aromatic carbocycles. The molecule has 1 saturated carbocycles. The minimum absolute atomic E-state index is 0.109. The van der Waals surface area contributed by atoms with E-state index in [-0.39, 0.29) is 29.6 Å². The number of carbonyl (C=O) groups excluding carboxylic acids is 1. The van der Waals surface area contributed by atoms with Crippen molar-refractivity contribution in [1.29, 1.82) is 0 Å². The number of fused-ring (bicyclic) bond motifs is 4. The van der Waals surface area contributed by atoms with Gasteiger partial charge in [-0.2, -0.15) is 0 Å². The molecule has 1 amide bonds. The Balaban J connectivity index is 1.28. The largest absolute Gasteiger partial charge is 0.490 e. The quantitative estimate of drug-likeness (QED) is 0.399. The Labute approximate surface area is 289 Å². The maximum atomic E-state index is 14.0. The van der Waals surface area contributed by atoms with E-state index in [1.54, 1.807) is 19.2 Å². The van der Waals surface area contributed by atoms with Crippen molar-refractivity contribution >= 4 is 33.2 Å². The second-order valence-electron chi connectivity index (χ2n) is 14.3. The maximum absolute atomic E-state index is 14.0. The Morgan fingerprint density at radius 2 is 1.96 bits per heavy atom. The van der Waals surface area contributed by atoms with Crippen LogP contribution in [0.2, 0.25) is 5.02 Å². The monoisotopic (exact) mass is 698 g/mol. The number of nitrogens with one attached hydrogen (secondary N) is 1. The second-order valence-corrected chi connectivity index (χ2v) is 16.6. The normalized spacial score (nSPS) is 33.8. The zero-order chi connectivity index (χ0) is 33.5. The van der Waals surface area contributed by atoms with Crippen LogP contribution >= 0.6 is 11.6 Å². The Morgan fingerprint density at radius 3 is 2.71 bits per heavy atom. The van der Waals surface area contributed by atoms with Crippen LogP contribution in [0.15, 0.2) is 48.6 Å². The fraction of sp³-hybridized carbons (Fsp3) is 0.595. The molecule has 3 heterocycles. The van der Waals surface area contributed by atoms with E-state index < -0.39 is 27.3 Å². The highest BCUT2D eigenvalue weighted by molar-refractivity contribution is 7.90. The van der Waals surface area contributed by atoms with Gasteiger partial charge in [0.15, 0.2) is 0 Å². The van der Waals surface area contributed by atoms with Gasteiger partial charge in [0.1, 0.15) is 11.0 Å². The Kier molecular flexibility index (Phi) is 9.83. The van der Waals surface area contributed by atoms with Gasteiger partial charge in [0, 0.05) is 49.9 Å². The number of ether oxygens (including phenoxy) is 4. The van der Waals surface area contributed by atoms with Gasteiger partial charge in [0.05, 0.1) is 30.6 Å². The van der Waals surface area contributed by atoms with Crippen molar-refractivity contribution < 1.29 is 32.2 Å². The number of carbonyl (C=O) groups is 1. The molecule has 11 heteroatoms. The van der Waals surface area contributed by atoms with Gasteiger partial charge in [-0.25, -0.2) is 13.1 Å². The summed E-state index contributed by atoms with van der Waals surface area (Å²) in [4.78, 5) is 16.2. The van der Waals surface area contributed by atoms with Crippen LogP contribution < -0.4 is 14.4 Å². The number of benzene rings is 2. The molecule has 9 nitrogen and oxygen atoms in total. The lowest BCUT2D eigenvalue weighted by Gasteiger charge is -2.46. The summed E-state index contributed by atoms with van der Waals surface area (Å²) >= 11 is 6.44. The standard InChI is InChI=1S/C37H47ClN2O7S/c1-44-32-8-3-9-34(45-2)35(20-28-7-5-17-46-28)48(42,43)39-36(41)25-11-15-33-31(19-25)40(21-26-10-13-29(26)32)22-37(23-47-33)16-4-6-24-18-27(38)12-14-30(24)37/h3,8,11-12,14-15,18-19,26,28-29,32,34-35H,4-7,9-10,13,16-17,20-23H2,1-2H3,(H,39,41)/b8-3-/t26-,28+,29+,32-,34-,35-,37-/m0/s1. The molecule has 2 aromatic rings. The molecule has 1 saturated heterocycles. The number of amides is 1. The fourth-order valence-electron chi connectivity index (χ4n) is 8.77. The van der Waals surface area contributed by atoms with Crippen LogP contribution in [0.3, 0.4) is 0 Å². The highest BCUT2D eigenvalue weighted by Crippen LogP contribution is 2.47. The molecule has 2 aliphatic carbocycles. The van der Waals surface area contributed by atoms with E-state index >= 15 is 0 Å². The molecule has 1 N–H and O–H groups in total. The zero-order valence-corrected chi connectivity index (χ0v) is 29.4. The minimum Gasteiger partial charge on any atom is -0.490 e. The van der Waals surface area contributed by atoms with E-state index in [2.05, 4.69) is 27.8 Å². The van der Waals surface area contributed by atoms with Gasteiger partial charge in [-0.15, -0.1) is 0 Å². The summed E-state index contributed by atoms with van der Waals surface area (Å²) in [5, 5.41) is -0.241. The summed E-state index contributed by atoms with van der Waals surface area (Å²) in [5.74, 6) is 0.708.